The molecule has 116 valence electrons. The van der Waals surface area contributed by atoms with Crippen LogP contribution < -0.4 is 10.7 Å². The van der Waals surface area contributed by atoms with Gasteiger partial charge < -0.3 is 9.73 Å². The molecule has 0 fully saturated rings. The lowest BCUT2D eigenvalue weighted by Crippen LogP contribution is -2.15. The molecule has 0 atom stereocenters. The van der Waals surface area contributed by atoms with Gasteiger partial charge in [-0.05, 0) is 42.8 Å². The van der Waals surface area contributed by atoms with Crippen molar-refractivity contribution in [2.45, 2.75) is 6.92 Å². The average molecular weight is 332 g/mol. The number of nitrogens with one attached hydrogen (secondary N) is 1. The van der Waals surface area contributed by atoms with Crippen molar-refractivity contribution in [1.82, 2.24) is 0 Å². The quantitative estimate of drug-likeness (QED) is 0.767. The molecule has 0 bridgehead atoms. The summed E-state index contributed by atoms with van der Waals surface area (Å²) in [5, 5.41) is 3.18. The van der Waals surface area contributed by atoms with Gasteiger partial charge in [-0.25, -0.2) is 4.39 Å². The molecule has 0 aliphatic rings. The van der Waals surface area contributed by atoms with Crippen LogP contribution >= 0.6 is 11.6 Å². The highest BCUT2D eigenvalue weighted by molar-refractivity contribution is 6.31. The van der Waals surface area contributed by atoms with Crippen LogP contribution in [-0.2, 0) is 0 Å². The van der Waals surface area contributed by atoms with Crippen LogP contribution in [0.15, 0.2) is 51.7 Å². The fourth-order valence-corrected chi connectivity index (χ4v) is 2.28. The monoisotopic (exact) mass is 331 g/mol. The van der Waals surface area contributed by atoms with Crippen LogP contribution in [0.5, 0.6) is 0 Å². The van der Waals surface area contributed by atoms with Crippen molar-refractivity contribution in [2.75, 3.05) is 5.32 Å². The van der Waals surface area contributed by atoms with Crippen molar-refractivity contribution < 1.29 is 13.6 Å². The van der Waals surface area contributed by atoms with Gasteiger partial charge in [0.25, 0.3) is 5.91 Å². The van der Waals surface area contributed by atoms with Crippen molar-refractivity contribution >= 4 is 34.2 Å². The second kappa shape index (κ2) is 5.85. The Balaban J connectivity index is 1.96. The molecule has 23 heavy (non-hydrogen) atoms. The zero-order valence-electron chi connectivity index (χ0n) is 12.0. The number of aryl methyl sites for hydroxylation is 1. The second-order valence-electron chi connectivity index (χ2n) is 5.03. The Labute approximate surface area is 135 Å². The number of carbonyl (C=O) groups is 1. The van der Waals surface area contributed by atoms with E-state index < -0.39 is 11.7 Å². The van der Waals surface area contributed by atoms with Crippen LogP contribution in [0.2, 0.25) is 5.02 Å². The molecule has 0 aliphatic carbocycles. The van der Waals surface area contributed by atoms with E-state index in [9.17, 15) is 14.0 Å². The summed E-state index contributed by atoms with van der Waals surface area (Å²) in [5.74, 6) is -1.23. The van der Waals surface area contributed by atoms with E-state index in [1.54, 1.807) is 25.1 Å². The molecule has 3 rings (SSSR count). The fraction of sp³-hybridized carbons (Fsp3) is 0.0588. The van der Waals surface area contributed by atoms with Crippen LogP contribution in [-0.4, -0.2) is 5.91 Å². The van der Waals surface area contributed by atoms with Gasteiger partial charge in [0.2, 0.25) is 0 Å². The zero-order valence-corrected chi connectivity index (χ0v) is 12.8. The molecule has 6 heteroatoms. The van der Waals surface area contributed by atoms with Gasteiger partial charge in [-0.3, -0.25) is 9.59 Å². The minimum atomic E-state index is -0.637. The molecule has 0 saturated carbocycles. The molecule has 1 N–H and O–H groups in total. The van der Waals surface area contributed by atoms with Crippen LogP contribution in [0.4, 0.5) is 10.1 Å². The lowest BCUT2D eigenvalue weighted by molar-refractivity contribution is 0.0997. The summed E-state index contributed by atoms with van der Waals surface area (Å²) < 4.78 is 18.9. The third-order valence-corrected chi connectivity index (χ3v) is 3.58. The number of fused-ring (bicyclic) bond motifs is 1. The van der Waals surface area contributed by atoms with E-state index in [4.69, 9.17) is 16.0 Å². The van der Waals surface area contributed by atoms with E-state index in [0.29, 0.717) is 10.6 Å². The predicted octanol–water partition coefficient (Wildman–Crippen LogP) is 4.15. The van der Waals surface area contributed by atoms with E-state index >= 15 is 0 Å². The summed E-state index contributed by atoms with van der Waals surface area (Å²) in [7, 11) is 0. The van der Waals surface area contributed by atoms with Gasteiger partial charge >= 0.3 is 0 Å². The maximum absolute atomic E-state index is 13.5. The van der Waals surface area contributed by atoms with E-state index in [-0.39, 0.29) is 27.8 Å². The number of benzene rings is 2. The zero-order chi connectivity index (χ0) is 16.6. The molecule has 4 nitrogen and oxygen atoms in total. The van der Waals surface area contributed by atoms with Gasteiger partial charge in [-0.2, -0.15) is 0 Å². The number of anilines is 1. The fourth-order valence-electron chi connectivity index (χ4n) is 2.10. The van der Waals surface area contributed by atoms with Crippen molar-refractivity contribution in [3.63, 3.8) is 0 Å². The van der Waals surface area contributed by atoms with E-state index in [0.717, 1.165) is 6.07 Å². The molecule has 1 heterocycles. The Kier molecular flexibility index (Phi) is 3.88. The smallest absolute Gasteiger partial charge is 0.291 e. The number of carbonyl (C=O) groups excluding carboxylic acids is 1. The number of hydrogen-bond donors (Lipinski definition) is 1. The van der Waals surface area contributed by atoms with Crippen molar-refractivity contribution in [1.29, 1.82) is 0 Å². The Morgan fingerprint density at radius 3 is 2.70 bits per heavy atom. The molecule has 0 radical (unpaired) electrons. The van der Waals surface area contributed by atoms with Crippen LogP contribution in [0.1, 0.15) is 16.1 Å². The Morgan fingerprint density at radius 1 is 1.17 bits per heavy atom. The predicted molar refractivity (Wildman–Crippen MR) is 86.6 cm³/mol. The minimum absolute atomic E-state index is 0.161. The molecule has 0 unspecified atom stereocenters. The van der Waals surface area contributed by atoms with Crippen LogP contribution in [0.25, 0.3) is 11.0 Å². The minimum Gasteiger partial charge on any atom is -0.451 e. The SMILES string of the molecule is Cc1ccc(NC(=O)c2cc(=O)c3cc(Cl)ccc3o2)cc1F. The third-order valence-electron chi connectivity index (χ3n) is 3.34. The Hall–Kier alpha value is -2.66. The Morgan fingerprint density at radius 2 is 1.96 bits per heavy atom. The Bertz CT molecular complexity index is 981. The van der Waals surface area contributed by atoms with Crippen LogP contribution in [0.3, 0.4) is 0 Å². The first-order chi connectivity index (χ1) is 10.9. The van der Waals surface area contributed by atoms with E-state index in [2.05, 4.69) is 5.32 Å². The summed E-state index contributed by atoms with van der Waals surface area (Å²) >= 11 is 5.83. The molecule has 2 aromatic carbocycles. The highest BCUT2D eigenvalue weighted by atomic mass is 35.5. The van der Waals surface area contributed by atoms with Gasteiger partial charge in [0.15, 0.2) is 11.2 Å². The number of halogens is 2. The second-order valence-corrected chi connectivity index (χ2v) is 5.47. The van der Waals surface area contributed by atoms with Crippen LogP contribution in [0, 0.1) is 12.7 Å². The largest absolute Gasteiger partial charge is 0.451 e. The summed E-state index contributed by atoms with van der Waals surface area (Å²) in [4.78, 5) is 24.2. The lowest BCUT2D eigenvalue weighted by atomic mass is 10.2. The normalized spacial score (nSPS) is 10.7. The summed E-state index contributed by atoms with van der Waals surface area (Å²) in [6.45, 7) is 1.62. The highest BCUT2D eigenvalue weighted by Gasteiger charge is 2.13. The summed E-state index contributed by atoms with van der Waals surface area (Å²) in [5.41, 5.74) is 0.616. The summed E-state index contributed by atoms with van der Waals surface area (Å²) in [6, 6.07) is 9.94. The molecule has 1 aromatic heterocycles. The molecule has 3 aromatic rings. The van der Waals surface area contributed by atoms with Crippen molar-refractivity contribution in [3.8, 4) is 0 Å². The molecule has 0 saturated heterocycles. The lowest BCUT2D eigenvalue weighted by Gasteiger charge is -2.06. The van der Waals surface area contributed by atoms with Gasteiger partial charge in [0.05, 0.1) is 5.39 Å². The molecular formula is C17H11ClFNO3. The number of rotatable bonds is 2. The third kappa shape index (κ3) is 3.10. The van der Waals surface area contributed by atoms with Gasteiger partial charge in [-0.15, -0.1) is 0 Å². The number of hydrogen-bond acceptors (Lipinski definition) is 3. The maximum atomic E-state index is 13.5. The van der Waals surface area contributed by atoms with Gasteiger partial charge in [0, 0.05) is 16.8 Å². The molecular weight excluding hydrogens is 321 g/mol. The first-order valence-corrected chi connectivity index (χ1v) is 7.13. The first kappa shape index (κ1) is 15.2. The van der Waals surface area contributed by atoms with E-state index in [1.807, 2.05) is 0 Å². The molecule has 0 aliphatic heterocycles. The van der Waals surface area contributed by atoms with Gasteiger partial charge in [-0.1, -0.05) is 17.7 Å². The number of amides is 1. The molecule has 1 amide bonds. The van der Waals surface area contributed by atoms with Gasteiger partial charge in [0.1, 0.15) is 11.4 Å². The first-order valence-electron chi connectivity index (χ1n) is 6.75. The van der Waals surface area contributed by atoms with Crippen molar-refractivity contribution in [2.24, 2.45) is 0 Å². The highest BCUT2D eigenvalue weighted by Crippen LogP contribution is 2.19. The topological polar surface area (TPSA) is 59.3 Å². The van der Waals surface area contributed by atoms with E-state index in [1.165, 1.54) is 18.2 Å². The summed E-state index contributed by atoms with van der Waals surface area (Å²) in [6.07, 6.45) is 0. The standard InChI is InChI=1S/C17H11ClFNO3/c1-9-2-4-11(7-13(9)19)20-17(22)16-8-14(21)12-6-10(18)3-5-15(12)23-16/h2-8H,1H3,(H,20,22). The molecule has 0 spiro atoms. The maximum Gasteiger partial charge on any atom is 0.291 e. The van der Waals surface area contributed by atoms with Crippen molar-refractivity contribution in [3.05, 3.63) is 74.9 Å². The average Bonchev–Trinajstić information content (AvgIpc) is 2.51.